The lowest BCUT2D eigenvalue weighted by Crippen LogP contribution is -2.47. The Hall–Kier alpha value is -3.40. The van der Waals surface area contributed by atoms with E-state index >= 15 is 0 Å². The van der Waals surface area contributed by atoms with Gasteiger partial charge < -0.3 is 10.6 Å². The number of carbonyl (C=O) groups excluding carboxylic acids is 2. The highest BCUT2D eigenvalue weighted by Crippen LogP contribution is 2.24. The summed E-state index contributed by atoms with van der Waals surface area (Å²) >= 11 is 0. The van der Waals surface area contributed by atoms with Crippen LogP contribution in [0.5, 0.6) is 0 Å². The third-order valence-electron chi connectivity index (χ3n) is 6.40. The molecule has 0 bridgehead atoms. The van der Waals surface area contributed by atoms with E-state index in [4.69, 9.17) is 0 Å². The zero-order valence-electron chi connectivity index (χ0n) is 19.0. The van der Waals surface area contributed by atoms with Crippen molar-refractivity contribution in [3.05, 3.63) is 102 Å². The topological polar surface area (TPSA) is 58.2 Å². The van der Waals surface area contributed by atoms with Gasteiger partial charge in [-0.05, 0) is 42.0 Å². The molecule has 1 saturated carbocycles. The van der Waals surface area contributed by atoms with E-state index in [0.29, 0.717) is 6.42 Å². The van der Waals surface area contributed by atoms with Crippen molar-refractivity contribution in [2.75, 3.05) is 5.32 Å². The summed E-state index contributed by atoms with van der Waals surface area (Å²) in [6.45, 7) is 0. The third kappa shape index (κ3) is 6.55. The number of hydrogen-bond acceptors (Lipinski definition) is 2. The number of anilines is 1. The van der Waals surface area contributed by atoms with Crippen LogP contribution in [0.4, 0.5) is 5.69 Å². The van der Waals surface area contributed by atoms with Crippen molar-refractivity contribution in [2.24, 2.45) is 5.92 Å². The first-order valence-electron chi connectivity index (χ1n) is 12.0. The molecule has 3 aromatic carbocycles. The van der Waals surface area contributed by atoms with Crippen LogP contribution in [-0.4, -0.2) is 17.9 Å². The maximum atomic E-state index is 13.4. The molecule has 0 heterocycles. The molecule has 3 aromatic rings. The quantitative estimate of drug-likeness (QED) is 0.484. The average molecular weight is 441 g/mol. The van der Waals surface area contributed by atoms with E-state index in [1.807, 2.05) is 72.8 Å². The Bertz CT molecular complexity index is 1040. The molecule has 0 radical (unpaired) electrons. The monoisotopic (exact) mass is 440 g/mol. The molecule has 4 nitrogen and oxygen atoms in total. The van der Waals surface area contributed by atoms with Crippen LogP contribution < -0.4 is 10.6 Å². The van der Waals surface area contributed by atoms with Crippen molar-refractivity contribution in [1.29, 1.82) is 0 Å². The van der Waals surface area contributed by atoms with Gasteiger partial charge in [0.15, 0.2) is 0 Å². The Kier molecular flexibility index (Phi) is 7.91. The number of benzene rings is 3. The van der Waals surface area contributed by atoms with Gasteiger partial charge >= 0.3 is 0 Å². The van der Waals surface area contributed by atoms with Crippen molar-refractivity contribution >= 4 is 17.5 Å². The number of para-hydroxylation sites is 1. The molecule has 0 saturated heterocycles. The fourth-order valence-corrected chi connectivity index (χ4v) is 4.55. The average Bonchev–Trinajstić information content (AvgIpc) is 2.86. The summed E-state index contributed by atoms with van der Waals surface area (Å²) in [4.78, 5) is 26.4. The standard InChI is InChI=1S/C29H32N2O2/c32-28(24-16-8-3-9-17-24)31-27(21-23-14-6-2-7-15-23)29(33)30-26-19-11-10-18-25(26)20-22-12-4-1-5-13-22/h1-2,4-7,10-15,18-19,24,27H,3,8-9,16-17,20-21H2,(H,30,33)(H,31,32). The van der Waals surface area contributed by atoms with Gasteiger partial charge in [0.25, 0.3) is 0 Å². The second kappa shape index (κ2) is 11.5. The number of carbonyl (C=O) groups is 2. The van der Waals surface area contributed by atoms with Gasteiger partial charge in [-0.1, -0.05) is 98.1 Å². The van der Waals surface area contributed by atoms with Crippen LogP contribution >= 0.6 is 0 Å². The Balaban J connectivity index is 1.50. The zero-order chi connectivity index (χ0) is 22.9. The van der Waals surface area contributed by atoms with Gasteiger partial charge in [-0.3, -0.25) is 9.59 Å². The summed E-state index contributed by atoms with van der Waals surface area (Å²) in [6, 6.07) is 27.3. The zero-order valence-corrected chi connectivity index (χ0v) is 19.0. The Morgan fingerprint density at radius 3 is 2.06 bits per heavy atom. The predicted octanol–water partition coefficient (Wildman–Crippen LogP) is 5.52. The van der Waals surface area contributed by atoms with Crippen LogP contribution in [0.15, 0.2) is 84.9 Å². The Morgan fingerprint density at radius 1 is 0.758 bits per heavy atom. The molecule has 1 aliphatic carbocycles. The molecular weight excluding hydrogens is 408 g/mol. The fraction of sp³-hybridized carbons (Fsp3) is 0.310. The molecule has 1 aliphatic rings. The van der Waals surface area contributed by atoms with E-state index in [2.05, 4.69) is 22.8 Å². The van der Waals surface area contributed by atoms with Crippen LogP contribution in [0.2, 0.25) is 0 Å². The van der Waals surface area contributed by atoms with Gasteiger partial charge in [-0.15, -0.1) is 0 Å². The number of hydrogen-bond donors (Lipinski definition) is 2. The highest BCUT2D eigenvalue weighted by molar-refractivity contribution is 5.98. The van der Waals surface area contributed by atoms with Crippen molar-refractivity contribution < 1.29 is 9.59 Å². The van der Waals surface area contributed by atoms with E-state index in [-0.39, 0.29) is 17.7 Å². The van der Waals surface area contributed by atoms with Gasteiger partial charge in [0.2, 0.25) is 11.8 Å². The minimum Gasteiger partial charge on any atom is -0.344 e. The number of rotatable bonds is 8. The van der Waals surface area contributed by atoms with E-state index in [1.54, 1.807) is 0 Å². The van der Waals surface area contributed by atoms with Crippen molar-refractivity contribution in [3.63, 3.8) is 0 Å². The lowest BCUT2D eigenvalue weighted by Gasteiger charge is -2.25. The summed E-state index contributed by atoms with van der Waals surface area (Å²) in [5.41, 5.74) is 4.05. The summed E-state index contributed by atoms with van der Waals surface area (Å²) in [5, 5.41) is 6.18. The summed E-state index contributed by atoms with van der Waals surface area (Å²) in [7, 11) is 0. The second-order valence-electron chi connectivity index (χ2n) is 8.89. The molecule has 4 rings (SSSR count). The summed E-state index contributed by atoms with van der Waals surface area (Å²) in [6.07, 6.45) is 6.37. The molecule has 4 heteroatoms. The highest BCUT2D eigenvalue weighted by Gasteiger charge is 2.27. The van der Waals surface area contributed by atoms with Crippen molar-refractivity contribution in [3.8, 4) is 0 Å². The molecule has 0 spiro atoms. The number of nitrogens with one attached hydrogen (secondary N) is 2. The SMILES string of the molecule is O=C(NC(Cc1ccccc1)C(=O)Nc1ccccc1Cc1ccccc1)C1CCCCC1. The minimum atomic E-state index is -0.619. The first kappa shape index (κ1) is 22.8. The first-order chi connectivity index (χ1) is 16.2. The molecular formula is C29H32N2O2. The molecule has 1 unspecified atom stereocenters. The van der Waals surface area contributed by atoms with Crippen LogP contribution in [0.25, 0.3) is 0 Å². The fourth-order valence-electron chi connectivity index (χ4n) is 4.55. The molecule has 170 valence electrons. The smallest absolute Gasteiger partial charge is 0.247 e. The maximum absolute atomic E-state index is 13.4. The second-order valence-corrected chi connectivity index (χ2v) is 8.89. The van der Waals surface area contributed by atoms with E-state index in [9.17, 15) is 9.59 Å². The van der Waals surface area contributed by atoms with Gasteiger partial charge in [-0.2, -0.15) is 0 Å². The lowest BCUT2D eigenvalue weighted by atomic mass is 9.88. The van der Waals surface area contributed by atoms with E-state index < -0.39 is 6.04 Å². The molecule has 33 heavy (non-hydrogen) atoms. The van der Waals surface area contributed by atoms with Crippen molar-refractivity contribution in [1.82, 2.24) is 5.32 Å². The van der Waals surface area contributed by atoms with E-state index in [0.717, 1.165) is 48.9 Å². The largest absolute Gasteiger partial charge is 0.344 e. The minimum absolute atomic E-state index is 0.00310. The summed E-state index contributed by atoms with van der Waals surface area (Å²) < 4.78 is 0. The molecule has 2 amide bonds. The first-order valence-corrected chi connectivity index (χ1v) is 12.0. The molecule has 2 N–H and O–H groups in total. The van der Waals surface area contributed by atoms with Gasteiger partial charge in [0, 0.05) is 18.0 Å². The third-order valence-corrected chi connectivity index (χ3v) is 6.40. The molecule has 0 aromatic heterocycles. The van der Waals surface area contributed by atoms with Crippen molar-refractivity contribution in [2.45, 2.75) is 51.0 Å². The maximum Gasteiger partial charge on any atom is 0.247 e. The van der Waals surface area contributed by atoms with Gasteiger partial charge in [-0.25, -0.2) is 0 Å². The predicted molar refractivity (Wildman–Crippen MR) is 133 cm³/mol. The van der Waals surface area contributed by atoms with E-state index in [1.165, 1.54) is 12.0 Å². The molecule has 1 atom stereocenters. The van der Waals surface area contributed by atoms with Crippen LogP contribution in [0.3, 0.4) is 0 Å². The molecule has 1 fully saturated rings. The number of amides is 2. The summed E-state index contributed by atoms with van der Waals surface area (Å²) in [5.74, 6) is -0.165. The van der Waals surface area contributed by atoms with Crippen LogP contribution in [0, 0.1) is 5.92 Å². The van der Waals surface area contributed by atoms with Crippen LogP contribution in [-0.2, 0) is 22.4 Å². The highest BCUT2D eigenvalue weighted by atomic mass is 16.2. The van der Waals surface area contributed by atoms with Gasteiger partial charge in [0.05, 0.1) is 0 Å². The normalized spacial score (nSPS) is 14.9. The van der Waals surface area contributed by atoms with Gasteiger partial charge in [0.1, 0.15) is 6.04 Å². The molecule has 0 aliphatic heterocycles. The Labute approximate surface area is 196 Å². The lowest BCUT2D eigenvalue weighted by molar-refractivity contribution is -0.130. The Morgan fingerprint density at radius 2 is 1.36 bits per heavy atom. The van der Waals surface area contributed by atoms with Crippen LogP contribution in [0.1, 0.15) is 48.8 Å².